The molecule has 0 spiro atoms. The Balaban J connectivity index is 3.87. The molecule has 1 amide bonds. The summed E-state index contributed by atoms with van der Waals surface area (Å²) in [5.74, 6) is 0.0690. The van der Waals surface area contributed by atoms with Gasteiger partial charge in [0.2, 0.25) is 5.91 Å². The molecule has 0 aliphatic carbocycles. The lowest BCUT2D eigenvalue weighted by molar-refractivity contribution is -0.132. The van der Waals surface area contributed by atoms with Crippen molar-refractivity contribution in [2.24, 2.45) is 0 Å². The molecule has 0 fully saturated rings. The van der Waals surface area contributed by atoms with Crippen LogP contribution in [0.3, 0.4) is 0 Å². The van der Waals surface area contributed by atoms with Crippen LogP contribution < -0.4 is 5.32 Å². The van der Waals surface area contributed by atoms with Crippen LogP contribution in [0.25, 0.3) is 0 Å². The first kappa shape index (κ1) is 15.3. The van der Waals surface area contributed by atoms with Gasteiger partial charge in [0.1, 0.15) is 0 Å². The first-order chi connectivity index (χ1) is 7.63. The van der Waals surface area contributed by atoms with Crippen molar-refractivity contribution in [2.75, 3.05) is 40.0 Å². The molecule has 0 saturated heterocycles. The second-order valence-corrected chi connectivity index (χ2v) is 3.93. The Bertz CT molecular complexity index is 186. The van der Waals surface area contributed by atoms with Crippen molar-refractivity contribution in [1.29, 1.82) is 0 Å². The van der Waals surface area contributed by atoms with E-state index in [0.29, 0.717) is 32.7 Å². The fourth-order valence-corrected chi connectivity index (χ4v) is 1.38. The van der Waals surface area contributed by atoms with Crippen molar-refractivity contribution >= 4 is 5.91 Å². The van der Waals surface area contributed by atoms with Gasteiger partial charge in [0, 0.05) is 32.8 Å². The molecule has 0 saturated carbocycles. The largest absolute Gasteiger partial charge is 0.396 e. The van der Waals surface area contributed by atoms with Gasteiger partial charge >= 0.3 is 0 Å². The Morgan fingerprint density at radius 3 is 2.69 bits per heavy atom. The number of carbonyl (C=O) groups is 1. The lowest BCUT2D eigenvalue weighted by atomic mass is 10.2. The Hall–Kier alpha value is -0.650. The first-order valence-electron chi connectivity index (χ1n) is 5.73. The molecule has 5 nitrogen and oxygen atoms in total. The molecule has 16 heavy (non-hydrogen) atoms. The standard InChI is InChI=1S/C11H24N2O3/c1-10(2)13(6-4-7-14)11(15)9-12-5-8-16-3/h10,12,14H,4-9H2,1-3H3. The van der Waals surface area contributed by atoms with E-state index in [1.165, 1.54) is 0 Å². The van der Waals surface area contributed by atoms with Crippen molar-refractivity contribution < 1.29 is 14.6 Å². The van der Waals surface area contributed by atoms with E-state index < -0.39 is 0 Å². The molecular formula is C11H24N2O3. The van der Waals surface area contributed by atoms with Crippen molar-refractivity contribution in [3.05, 3.63) is 0 Å². The van der Waals surface area contributed by atoms with Crippen LogP contribution in [0.4, 0.5) is 0 Å². The molecular weight excluding hydrogens is 208 g/mol. The predicted molar refractivity (Wildman–Crippen MR) is 63.3 cm³/mol. The monoisotopic (exact) mass is 232 g/mol. The highest BCUT2D eigenvalue weighted by molar-refractivity contribution is 5.78. The fraction of sp³-hybridized carbons (Fsp3) is 0.909. The van der Waals surface area contributed by atoms with Crippen LogP contribution in [-0.2, 0) is 9.53 Å². The van der Waals surface area contributed by atoms with Gasteiger partial charge in [-0.2, -0.15) is 0 Å². The van der Waals surface area contributed by atoms with Crippen molar-refractivity contribution in [3.63, 3.8) is 0 Å². The number of carbonyl (C=O) groups excluding carboxylic acids is 1. The van der Waals surface area contributed by atoms with E-state index in [0.717, 1.165) is 0 Å². The summed E-state index contributed by atoms with van der Waals surface area (Å²) in [4.78, 5) is 13.6. The molecule has 0 atom stereocenters. The van der Waals surface area contributed by atoms with Gasteiger partial charge in [-0.3, -0.25) is 4.79 Å². The van der Waals surface area contributed by atoms with Crippen molar-refractivity contribution in [1.82, 2.24) is 10.2 Å². The molecule has 5 heteroatoms. The van der Waals surface area contributed by atoms with E-state index >= 15 is 0 Å². The molecule has 0 heterocycles. The van der Waals surface area contributed by atoms with Crippen molar-refractivity contribution in [3.8, 4) is 0 Å². The number of hydrogen-bond donors (Lipinski definition) is 2. The quantitative estimate of drug-likeness (QED) is 0.542. The van der Waals surface area contributed by atoms with Gasteiger partial charge in [0.05, 0.1) is 13.2 Å². The Morgan fingerprint density at radius 1 is 1.50 bits per heavy atom. The molecule has 0 aromatic carbocycles. The number of nitrogens with zero attached hydrogens (tertiary/aromatic N) is 1. The molecule has 0 aromatic heterocycles. The lowest BCUT2D eigenvalue weighted by Crippen LogP contribution is -2.43. The molecule has 0 rings (SSSR count). The van der Waals surface area contributed by atoms with Crippen LogP contribution in [0.2, 0.25) is 0 Å². The van der Waals surface area contributed by atoms with Gasteiger partial charge in [0.15, 0.2) is 0 Å². The number of rotatable bonds is 9. The SMILES string of the molecule is COCCNCC(=O)N(CCCO)C(C)C. The number of hydrogen-bond acceptors (Lipinski definition) is 4. The van der Waals surface area contributed by atoms with E-state index in [2.05, 4.69) is 5.32 Å². The summed E-state index contributed by atoms with van der Waals surface area (Å²) in [5, 5.41) is 11.8. The molecule has 0 aromatic rings. The van der Waals surface area contributed by atoms with Crippen LogP contribution in [-0.4, -0.2) is 61.9 Å². The summed E-state index contributed by atoms with van der Waals surface area (Å²) < 4.78 is 4.88. The number of nitrogens with one attached hydrogen (secondary N) is 1. The second kappa shape index (κ2) is 9.57. The minimum atomic E-state index is 0.0690. The third-order valence-electron chi connectivity index (χ3n) is 2.26. The molecule has 0 aliphatic rings. The first-order valence-corrected chi connectivity index (χ1v) is 5.73. The summed E-state index contributed by atoms with van der Waals surface area (Å²) in [6.45, 7) is 6.29. The summed E-state index contributed by atoms with van der Waals surface area (Å²) >= 11 is 0. The topological polar surface area (TPSA) is 61.8 Å². The van der Waals surface area contributed by atoms with Gasteiger partial charge < -0.3 is 20.1 Å². The average molecular weight is 232 g/mol. The average Bonchev–Trinajstić information content (AvgIpc) is 2.24. The van der Waals surface area contributed by atoms with E-state index in [1.54, 1.807) is 12.0 Å². The molecule has 0 aliphatic heterocycles. The number of methoxy groups -OCH3 is 1. The summed E-state index contributed by atoms with van der Waals surface area (Å²) in [6.07, 6.45) is 0.627. The molecule has 0 unspecified atom stereocenters. The van der Waals surface area contributed by atoms with E-state index in [9.17, 15) is 4.79 Å². The summed E-state index contributed by atoms with van der Waals surface area (Å²) in [5.41, 5.74) is 0. The maximum absolute atomic E-state index is 11.8. The Morgan fingerprint density at radius 2 is 2.19 bits per heavy atom. The highest BCUT2D eigenvalue weighted by atomic mass is 16.5. The van der Waals surface area contributed by atoms with Crippen LogP contribution in [0.5, 0.6) is 0 Å². The third kappa shape index (κ3) is 6.76. The normalized spacial score (nSPS) is 10.8. The Labute approximate surface area is 97.8 Å². The van der Waals surface area contributed by atoms with Gasteiger partial charge in [-0.05, 0) is 20.3 Å². The zero-order chi connectivity index (χ0) is 12.4. The molecule has 96 valence electrons. The van der Waals surface area contributed by atoms with Crippen molar-refractivity contribution in [2.45, 2.75) is 26.3 Å². The fourth-order valence-electron chi connectivity index (χ4n) is 1.38. The maximum Gasteiger partial charge on any atom is 0.236 e. The van der Waals surface area contributed by atoms with E-state index in [-0.39, 0.29) is 18.6 Å². The van der Waals surface area contributed by atoms with Gasteiger partial charge in [-0.25, -0.2) is 0 Å². The second-order valence-electron chi connectivity index (χ2n) is 3.93. The van der Waals surface area contributed by atoms with Crippen LogP contribution >= 0.6 is 0 Å². The number of amides is 1. The molecule has 0 radical (unpaired) electrons. The number of aliphatic hydroxyl groups is 1. The van der Waals surface area contributed by atoms with Gasteiger partial charge in [-0.15, -0.1) is 0 Å². The lowest BCUT2D eigenvalue weighted by Gasteiger charge is -2.26. The third-order valence-corrected chi connectivity index (χ3v) is 2.26. The number of ether oxygens (including phenoxy) is 1. The number of aliphatic hydroxyl groups excluding tert-OH is 1. The molecule has 0 bridgehead atoms. The predicted octanol–water partition coefficient (Wildman–Crippen LogP) is -0.158. The minimum absolute atomic E-state index is 0.0690. The zero-order valence-corrected chi connectivity index (χ0v) is 10.5. The smallest absolute Gasteiger partial charge is 0.236 e. The van der Waals surface area contributed by atoms with Crippen LogP contribution in [0.15, 0.2) is 0 Å². The van der Waals surface area contributed by atoms with Gasteiger partial charge in [0.25, 0.3) is 0 Å². The summed E-state index contributed by atoms with van der Waals surface area (Å²) in [7, 11) is 1.63. The Kier molecular flexibility index (Phi) is 9.18. The maximum atomic E-state index is 11.8. The van der Waals surface area contributed by atoms with E-state index in [4.69, 9.17) is 9.84 Å². The van der Waals surface area contributed by atoms with E-state index in [1.807, 2.05) is 13.8 Å². The molecule has 2 N–H and O–H groups in total. The summed E-state index contributed by atoms with van der Waals surface area (Å²) in [6, 6.07) is 0.170. The van der Waals surface area contributed by atoms with Crippen LogP contribution in [0, 0.1) is 0 Å². The zero-order valence-electron chi connectivity index (χ0n) is 10.5. The van der Waals surface area contributed by atoms with Gasteiger partial charge in [-0.1, -0.05) is 0 Å². The van der Waals surface area contributed by atoms with Crippen LogP contribution in [0.1, 0.15) is 20.3 Å². The minimum Gasteiger partial charge on any atom is -0.396 e. The highest BCUT2D eigenvalue weighted by Gasteiger charge is 2.15. The highest BCUT2D eigenvalue weighted by Crippen LogP contribution is 1.99.